The Balaban J connectivity index is 1.99. The Kier molecular flexibility index (Phi) is 3.97. The SMILES string of the molecule is CCc1nc(CCC2=CCCC=C2)ccc1N. The Morgan fingerprint density at radius 2 is 2.12 bits per heavy atom. The van der Waals surface area contributed by atoms with Crippen LogP contribution in [0, 0.1) is 0 Å². The van der Waals surface area contributed by atoms with E-state index in [1.54, 1.807) is 0 Å². The molecule has 90 valence electrons. The van der Waals surface area contributed by atoms with Gasteiger partial charge < -0.3 is 5.73 Å². The molecule has 2 N–H and O–H groups in total. The number of aryl methyl sites for hydroxylation is 2. The van der Waals surface area contributed by atoms with Crippen molar-refractivity contribution in [3.8, 4) is 0 Å². The van der Waals surface area contributed by atoms with Gasteiger partial charge in [0, 0.05) is 5.69 Å². The van der Waals surface area contributed by atoms with Crippen LogP contribution in [0.4, 0.5) is 5.69 Å². The van der Waals surface area contributed by atoms with Gasteiger partial charge in [-0.3, -0.25) is 4.98 Å². The smallest absolute Gasteiger partial charge is 0.0633 e. The van der Waals surface area contributed by atoms with E-state index in [0.29, 0.717) is 0 Å². The number of nitrogen functional groups attached to an aromatic ring is 1. The number of pyridine rings is 1. The third-order valence-corrected chi connectivity index (χ3v) is 3.14. The normalized spacial score (nSPS) is 14.8. The molecule has 0 fully saturated rings. The van der Waals surface area contributed by atoms with Crippen LogP contribution in [-0.2, 0) is 12.8 Å². The van der Waals surface area contributed by atoms with Crippen molar-refractivity contribution in [3.05, 3.63) is 47.3 Å². The molecule has 17 heavy (non-hydrogen) atoms. The minimum atomic E-state index is 0.813. The summed E-state index contributed by atoms with van der Waals surface area (Å²) in [6, 6.07) is 4.02. The lowest BCUT2D eigenvalue weighted by atomic mass is 10.0. The first-order valence-electron chi connectivity index (χ1n) is 6.39. The summed E-state index contributed by atoms with van der Waals surface area (Å²) in [5.74, 6) is 0. The monoisotopic (exact) mass is 228 g/mol. The minimum absolute atomic E-state index is 0.813. The molecule has 2 rings (SSSR count). The quantitative estimate of drug-likeness (QED) is 0.857. The number of aromatic nitrogens is 1. The van der Waals surface area contributed by atoms with Crippen molar-refractivity contribution in [3.63, 3.8) is 0 Å². The van der Waals surface area contributed by atoms with Gasteiger partial charge in [-0.2, -0.15) is 0 Å². The highest BCUT2D eigenvalue weighted by atomic mass is 14.8. The Labute approximate surface area is 103 Å². The van der Waals surface area contributed by atoms with Gasteiger partial charge in [0.05, 0.1) is 11.4 Å². The summed E-state index contributed by atoms with van der Waals surface area (Å²) in [4.78, 5) is 4.60. The van der Waals surface area contributed by atoms with Crippen LogP contribution in [0.3, 0.4) is 0 Å². The van der Waals surface area contributed by atoms with Gasteiger partial charge in [-0.25, -0.2) is 0 Å². The molecule has 1 aromatic rings. The number of hydrogen-bond donors (Lipinski definition) is 1. The largest absolute Gasteiger partial charge is 0.397 e. The summed E-state index contributed by atoms with van der Waals surface area (Å²) < 4.78 is 0. The van der Waals surface area contributed by atoms with Crippen LogP contribution in [-0.4, -0.2) is 4.98 Å². The number of rotatable bonds is 4. The van der Waals surface area contributed by atoms with Crippen LogP contribution in [0.15, 0.2) is 35.9 Å². The molecule has 0 saturated carbocycles. The summed E-state index contributed by atoms with van der Waals surface area (Å²) in [6.07, 6.45) is 12.2. The first-order chi connectivity index (χ1) is 8.29. The van der Waals surface area contributed by atoms with Gasteiger partial charge in [-0.15, -0.1) is 0 Å². The van der Waals surface area contributed by atoms with Gasteiger partial charge in [0.15, 0.2) is 0 Å². The third-order valence-electron chi connectivity index (χ3n) is 3.14. The summed E-state index contributed by atoms with van der Waals surface area (Å²) in [6.45, 7) is 2.09. The third kappa shape index (κ3) is 3.19. The molecule has 0 radical (unpaired) electrons. The van der Waals surface area contributed by atoms with Gasteiger partial charge in [-0.1, -0.05) is 30.7 Å². The van der Waals surface area contributed by atoms with E-state index in [4.69, 9.17) is 5.73 Å². The van der Waals surface area contributed by atoms with E-state index in [1.807, 2.05) is 12.1 Å². The Bertz CT molecular complexity index is 444. The second-order valence-electron chi connectivity index (χ2n) is 4.45. The molecule has 1 aliphatic rings. The van der Waals surface area contributed by atoms with Crippen molar-refractivity contribution in [1.29, 1.82) is 0 Å². The van der Waals surface area contributed by atoms with E-state index in [-0.39, 0.29) is 0 Å². The minimum Gasteiger partial charge on any atom is -0.397 e. The van der Waals surface area contributed by atoms with Crippen LogP contribution in [0.25, 0.3) is 0 Å². The predicted octanol–water partition coefficient (Wildman–Crippen LogP) is 3.44. The highest BCUT2D eigenvalue weighted by molar-refractivity contribution is 5.43. The molecular formula is C15H20N2. The maximum atomic E-state index is 5.85. The number of anilines is 1. The molecular weight excluding hydrogens is 208 g/mol. The molecule has 0 aromatic carbocycles. The highest BCUT2D eigenvalue weighted by Crippen LogP contribution is 2.17. The van der Waals surface area contributed by atoms with Crippen molar-refractivity contribution < 1.29 is 0 Å². The van der Waals surface area contributed by atoms with E-state index in [9.17, 15) is 0 Å². The van der Waals surface area contributed by atoms with Crippen molar-refractivity contribution in [1.82, 2.24) is 4.98 Å². The lowest BCUT2D eigenvalue weighted by Gasteiger charge is -2.08. The van der Waals surface area contributed by atoms with Crippen LogP contribution >= 0.6 is 0 Å². The Morgan fingerprint density at radius 1 is 1.24 bits per heavy atom. The van der Waals surface area contributed by atoms with E-state index in [0.717, 1.165) is 36.3 Å². The van der Waals surface area contributed by atoms with E-state index in [2.05, 4.69) is 30.1 Å². The van der Waals surface area contributed by atoms with E-state index in [1.165, 1.54) is 18.4 Å². The van der Waals surface area contributed by atoms with Crippen LogP contribution in [0.2, 0.25) is 0 Å². The fourth-order valence-corrected chi connectivity index (χ4v) is 2.11. The highest BCUT2D eigenvalue weighted by Gasteiger charge is 2.03. The molecule has 1 aliphatic carbocycles. The number of hydrogen-bond acceptors (Lipinski definition) is 2. The van der Waals surface area contributed by atoms with E-state index < -0.39 is 0 Å². The average molecular weight is 228 g/mol. The molecule has 0 spiro atoms. The zero-order valence-corrected chi connectivity index (χ0v) is 10.4. The first kappa shape index (κ1) is 11.9. The molecule has 0 saturated heterocycles. The summed E-state index contributed by atoms with van der Waals surface area (Å²) >= 11 is 0. The van der Waals surface area contributed by atoms with Gasteiger partial charge >= 0.3 is 0 Å². The molecule has 2 nitrogen and oxygen atoms in total. The molecule has 0 atom stereocenters. The topological polar surface area (TPSA) is 38.9 Å². The summed E-state index contributed by atoms with van der Waals surface area (Å²) in [5.41, 5.74) is 10.3. The number of nitrogens with zero attached hydrogens (tertiary/aromatic N) is 1. The predicted molar refractivity (Wildman–Crippen MR) is 72.8 cm³/mol. The van der Waals surface area contributed by atoms with Crippen LogP contribution in [0.1, 0.15) is 37.6 Å². The van der Waals surface area contributed by atoms with Crippen molar-refractivity contribution >= 4 is 5.69 Å². The lowest BCUT2D eigenvalue weighted by Crippen LogP contribution is -2.00. The summed E-state index contributed by atoms with van der Waals surface area (Å²) in [5, 5.41) is 0. The number of nitrogens with two attached hydrogens (primary N) is 1. The van der Waals surface area contributed by atoms with E-state index >= 15 is 0 Å². The maximum absolute atomic E-state index is 5.85. The van der Waals surface area contributed by atoms with Crippen molar-refractivity contribution in [2.75, 3.05) is 5.73 Å². The molecule has 0 bridgehead atoms. The lowest BCUT2D eigenvalue weighted by molar-refractivity contribution is 0.873. The Morgan fingerprint density at radius 3 is 2.82 bits per heavy atom. The molecule has 0 amide bonds. The first-order valence-corrected chi connectivity index (χ1v) is 6.39. The molecule has 0 aliphatic heterocycles. The van der Waals surface area contributed by atoms with Crippen molar-refractivity contribution in [2.45, 2.75) is 39.0 Å². The van der Waals surface area contributed by atoms with Crippen molar-refractivity contribution in [2.24, 2.45) is 0 Å². The molecule has 2 heteroatoms. The maximum Gasteiger partial charge on any atom is 0.0633 e. The standard InChI is InChI=1S/C15H20N2/c1-2-15-14(16)11-10-13(17-15)9-8-12-6-4-3-5-7-12/h4,6-7,10-11H,2-3,5,8-9,16H2,1H3. The fourth-order valence-electron chi connectivity index (χ4n) is 2.11. The second-order valence-corrected chi connectivity index (χ2v) is 4.45. The van der Waals surface area contributed by atoms with Crippen LogP contribution < -0.4 is 5.73 Å². The van der Waals surface area contributed by atoms with Crippen LogP contribution in [0.5, 0.6) is 0 Å². The average Bonchev–Trinajstić information content (AvgIpc) is 2.39. The molecule has 0 unspecified atom stereocenters. The second kappa shape index (κ2) is 5.67. The Hall–Kier alpha value is -1.57. The molecule has 1 aromatic heterocycles. The van der Waals surface area contributed by atoms with Gasteiger partial charge in [0.1, 0.15) is 0 Å². The molecule has 1 heterocycles. The van der Waals surface area contributed by atoms with Gasteiger partial charge in [0.25, 0.3) is 0 Å². The zero-order chi connectivity index (χ0) is 12.1. The van der Waals surface area contributed by atoms with Gasteiger partial charge in [-0.05, 0) is 44.2 Å². The summed E-state index contributed by atoms with van der Waals surface area (Å²) in [7, 11) is 0. The number of allylic oxidation sites excluding steroid dienone is 4. The van der Waals surface area contributed by atoms with Gasteiger partial charge in [0.2, 0.25) is 0 Å². The zero-order valence-electron chi connectivity index (χ0n) is 10.4. The fraction of sp³-hybridized carbons (Fsp3) is 0.400.